The second kappa shape index (κ2) is 4.56. The van der Waals surface area contributed by atoms with Gasteiger partial charge >= 0.3 is 6.18 Å². The summed E-state index contributed by atoms with van der Waals surface area (Å²) in [5, 5.41) is 0. The first-order valence-corrected chi connectivity index (χ1v) is 5.13. The number of hydrogen-bond donors (Lipinski definition) is 0. The molecule has 93 valence electrons. The Morgan fingerprint density at radius 1 is 1.18 bits per heavy atom. The first-order chi connectivity index (χ1) is 7.59. The smallest absolute Gasteiger partial charge is 0.212 e. The van der Waals surface area contributed by atoms with Gasteiger partial charge in [0.05, 0.1) is 5.57 Å². The van der Waals surface area contributed by atoms with Gasteiger partial charge in [0.25, 0.3) is 0 Å². The predicted molar refractivity (Wildman–Crippen MR) is 58.4 cm³/mol. The van der Waals surface area contributed by atoms with Crippen LogP contribution >= 0.6 is 0 Å². The molecule has 17 heavy (non-hydrogen) atoms. The van der Waals surface area contributed by atoms with E-state index in [1.165, 1.54) is 6.42 Å². The van der Waals surface area contributed by atoms with Crippen molar-refractivity contribution in [3.05, 3.63) is 29.5 Å². The van der Waals surface area contributed by atoms with Gasteiger partial charge in [0, 0.05) is 23.8 Å². The zero-order valence-corrected chi connectivity index (χ0v) is 9.87. The lowest BCUT2D eigenvalue weighted by Gasteiger charge is -2.16. The third-order valence-corrected chi connectivity index (χ3v) is 1.97. The molecule has 0 unspecified atom stereocenters. The van der Waals surface area contributed by atoms with E-state index in [1.807, 2.05) is 0 Å². The minimum absolute atomic E-state index is 0.131. The fourth-order valence-corrected chi connectivity index (χ4v) is 1.21. The monoisotopic (exact) mass is 245 g/mol. The summed E-state index contributed by atoms with van der Waals surface area (Å²) in [4.78, 5) is 0. The van der Waals surface area contributed by atoms with E-state index in [0.29, 0.717) is 6.08 Å². The fourth-order valence-electron chi connectivity index (χ4n) is 1.21. The number of hydrogen-bond acceptors (Lipinski definition) is 0. The Morgan fingerprint density at radius 2 is 1.76 bits per heavy atom. The Balaban J connectivity index is 3.19. The van der Waals surface area contributed by atoms with Crippen molar-refractivity contribution < 1.29 is 17.6 Å². The van der Waals surface area contributed by atoms with E-state index in [0.717, 1.165) is 0 Å². The van der Waals surface area contributed by atoms with Crippen LogP contribution in [0.5, 0.6) is 0 Å². The number of rotatable bonds is 0. The van der Waals surface area contributed by atoms with E-state index in [4.69, 9.17) is 0 Å². The molecule has 0 fully saturated rings. The average Bonchev–Trinajstić information content (AvgIpc) is 2.13. The zero-order chi connectivity index (χ0) is 13.3. The third-order valence-electron chi connectivity index (χ3n) is 1.97. The van der Waals surface area contributed by atoms with E-state index in [1.54, 1.807) is 20.8 Å². The first kappa shape index (κ1) is 13.8. The van der Waals surface area contributed by atoms with Crippen molar-refractivity contribution in [1.29, 1.82) is 0 Å². The molecule has 0 bridgehead atoms. The van der Waals surface area contributed by atoms with Crippen molar-refractivity contribution in [1.82, 2.24) is 0 Å². The van der Waals surface area contributed by atoms with Crippen molar-refractivity contribution >= 4 is 0 Å². The minimum atomic E-state index is -4.57. The third kappa shape index (κ3) is 4.26. The van der Waals surface area contributed by atoms with Crippen LogP contribution in [0.15, 0.2) is 23.0 Å². The maximum absolute atomic E-state index is 12.9. The van der Waals surface area contributed by atoms with Crippen LogP contribution in [-0.4, -0.2) is 6.18 Å². The van der Waals surface area contributed by atoms with Gasteiger partial charge in [-0.3, -0.25) is 0 Å². The van der Waals surface area contributed by atoms with Crippen LogP contribution < -0.4 is 0 Å². The summed E-state index contributed by atoms with van der Waals surface area (Å²) in [5.41, 5.74) is -1.54. The summed E-state index contributed by atoms with van der Waals surface area (Å²) in [5.74, 6) is 4.41. The lowest BCUT2D eigenvalue weighted by atomic mass is 9.93. The molecule has 1 aliphatic carbocycles. The second-order valence-electron chi connectivity index (χ2n) is 4.82. The van der Waals surface area contributed by atoms with Crippen molar-refractivity contribution in [3.63, 3.8) is 0 Å². The number of halogens is 4. The second-order valence-corrected chi connectivity index (χ2v) is 4.82. The number of alkyl halides is 3. The van der Waals surface area contributed by atoms with E-state index in [9.17, 15) is 17.6 Å². The van der Waals surface area contributed by atoms with Gasteiger partial charge in [0.1, 0.15) is 5.83 Å². The highest BCUT2D eigenvalue weighted by molar-refractivity contribution is 5.50. The Labute approximate surface area is 98.4 Å². The fraction of sp³-hybridized carbons (Fsp3) is 0.462. The average molecular weight is 245 g/mol. The minimum Gasteiger partial charge on any atom is -0.212 e. The van der Waals surface area contributed by atoms with Crippen molar-refractivity contribution in [2.75, 3.05) is 0 Å². The SMILES string of the molecule is CC(C)(C)C#CC1=C(C(F)(F)F)C=C(F)C[CH]1. The normalized spacial score (nSPS) is 17.5. The Bertz CT molecular complexity index is 419. The molecule has 0 N–H and O–H groups in total. The lowest BCUT2D eigenvalue weighted by Crippen LogP contribution is -2.15. The molecule has 4 heteroatoms. The van der Waals surface area contributed by atoms with Crippen molar-refractivity contribution in [2.45, 2.75) is 33.4 Å². The molecule has 0 heterocycles. The predicted octanol–water partition coefficient (Wildman–Crippen LogP) is 4.36. The summed E-state index contributed by atoms with van der Waals surface area (Å²) in [7, 11) is 0. The van der Waals surface area contributed by atoms with Crippen LogP contribution in [-0.2, 0) is 0 Å². The molecule has 0 saturated heterocycles. The molecule has 1 rings (SSSR count). The van der Waals surface area contributed by atoms with E-state index < -0.39 is 23.0 Å². The maximum Gasteiger partial charge on any atom is 0.417 e. The molecule has 0 aliphatic heterocycles. The van der Waals surface area contributed by atoms with E-state index in [-0.39, 0.29) is 12.0 Å². The highest BCUT2D eigenvalue weighted by Crippen LogP contribution is 2.35. The van der Waals surface area contributed by atoms with Crippen molar-refractivity contribution in [2.24, 2.45) is 5.41 Å². The maximum atomic E-state index is 12.9. The van der Waals surface area contributed by atoms with Gasteiger partial charge in [-0.25, -0.2) is 4.39 Å². The quantitative estimate of drug-likeness (QED) is 0.439. The largest absolute Gasteiger partial charge is 0.417 e. The number of allylic oxidation sites excluding steroid dienone is 4. The summed E-state index contributed by atoms with van der Waals surface area (Å²) < 4.78 is 50.7. The summed E-state index contributed by atoms with van der Waals surface area (Å²) >= 11 is 0. The molecule has 0 aromatic heterocycles. The van der Waals surface area contributed by atoms with Crippen LogP contribution in [0.1, 0.15) is 27.2 Å². The molecule has 0 atom stereocenters. The Hall–Kier alpha value is -1.24. The van der Waals surface area contributed by atoms with Crippen LogP contribution in [0.3, 0.4) is 0 Å². The van der Waals surface area contributed by atoms with E-state index in [2.05, 4.69) is 11.8 Å². The van der Waals surface area contributed by atoms with Gasteiger partial charge in [-0.1, -0.05) is 11.8 Å². The standard InChI is InChI=1S/C13H13F4/c1-12(2,3)7-6-9-4-5-10(14)8-11(9)13(15,16)17/h4,8H,5H2,1-3H3. The van der Waals surface area contributed by atoms with Crippen LogP contribution in [0, 0.1) is 23.7 Å². The zero-order valence-electron chi connectivity index (χ0n) is 9.87. The first-order valence-electron chi connectivity index (χ1n) is 5.13. The van der Waals surface area contributed by atoms with Crippen LogP contribution in [0.2, 0.25) is 0 Å². The van der Waals surface area contributed by atoms with Gasteiger partial charge in [-0.05, 0) is 26.8 Å². The highest BCUT2D eigenvalue weighted by Gasteiger charge is 2.36. The molecule has 0 spiro atoms. The summed E-state index contributed by atoms with van der Waals surface area (Å²) in [6, 6.07) is 0. The van der Waals surface area contributed by atoms with Gasteiger partial charge in [0.15, 0.2) is 0 Å². The Morgan fingerprint density at radius 3 is 2.24 bits per heavy atom. The van der Waals surface area contributed by atoms with Crippen LogP contribution in [0.4, 0.5) is 17.6 Å². The van der Waals surface area contributed by atoms with Gasteiger partial charge in [0.2, 0.25) is 0 Å². The molecular weight excluding hydrogens is 232 g/mol. The van der Waals surface area contributed by atoms with Crippen molar-refractivity contribution in [3.8, 4) is 11.8 Å². The highest BCUT2D eigenvalue weighted by atomic mass is 19.4. The summed E-state index contributed by atoms with van der Waals surface area (Å²) in [6.07, 6.45) is -3.01. The molecule has 0 aromatic rings. The van der Waals surface area contributed by atoms with Gasteiger partial charge in [-0.2, -0.15) is 13.2 Å². The molecule has 1 radical (unpaired) electrons. The van der Waals surface area contributed by atoms with Crippen LogP contribution in [0.25, 0.3) is 0 Å². The summed E-state index contributed by atoms with van der Waals surface area (Å²) in [6.45, 7) is 5.40. The van der Waals surface area contributed by atoms with Gasteiger partial charge < -0.3 is 0 Å². The Kier molecular flexibility index (Phi) is 3.71. The molecule has 0 nitrogen and oxygen atoms in total. The topological polar surface area (TPSA) is 0 Å². The van der Waals surface area contributed by atoms with Gasteiger partial charge in [-0.15, -0.1) is 0 Å². The molecule has 0 aromatic carbocycles. The molecule has 1 aliphatic rings. The molecule has 0 saturated carbocycles. The lowest BCUT2D eigenvalue weighted by molar-refractivity contribution is -0.0890. The molecular formula is C13H13F4. The molecule has 0 amide bonds. The van der Waals surface area contributed by atoms with E-state index >= 15 is 0 Å².